The number of carbonyl (C=O) groups excluding carboxylic acids is 1. The molecule has 2 heterocycles. The maximum absolute atomic E-state index is 14.0. The molecule has 1 atom stereocenters. The molecule has 3 aromatic carbocycles. The SMILES string of the molecule is O=C(N[C@@H](Cc1cccc(O)c1)C(=O)O)c1cc(-c2ccccc2)c(=O)n2c1sc1ccc(C3CCCCC3)cc12. The van der Waals surface area contributed by atoms with Crippen LogP contribution in [0.1, 0.15) is 59.5 Å². The Hall–Kier alpha value is -4.43. The lowest BCUT2D eigenvalue weighted by Gasteiger charge is -2.22. The van der Waals surface area contributed by atoms with Crippen molar-refractivity contribution in [3.8, 4) is 16.9 Å². The molecule has 0 radical (unpaired) electrons. The smallest absolute Gasteiger partial charge is 0.326 e. The fourth-order valence-corrected chi connectivity index (χ4v) is 6.99. The number of rotatable bonds is 7. The average Bonchev–Trinajstić information content (AvgIpc) is 3.37. The Balaban J connectivity index is 1.48. The predicted molar refractivity (Wildman–Crippen MR) is 161 cm³/mol. The molecule has 41 heavy (non-hydrogen) atoms. The highest BCUT2D eigenvalue weighted by Crippen LogP contribution is 2.36. The molecule has 1 fully saturated rings. The van der Waals surface area contributed by atoms with Crippen molar-refractivity contribution >= 4 is 38.3 Å². The van der Waals surface area contributed by atoms with Crippen molar-refractivity contribution in [3.05, 3.63) is 106 Å². The van der Waals surface area contributed by atoms with Gasteiger partial charge in [-0.25, -0.2) is 4.79 Å². The van der Waals surface area contributed by atoms with Crippen molar-refractivity contribution in [1.82, 2.24) is 9.72 Å². The minimum atomic E-state index is -1.23. The van der Waals surface area contributed by atoms with Gasteiger partial charge in [0.25, 0.3) is 11.5 Å². The molecule has 0 aliphatic heterocycles. The molecule has 2 aromatic heterocycles. The van der Waals surface area contributed by atoms with Gasteiger partial charge in [0.05, 0.1) is 15.8 Å². The third-order valence-electron chi connectivity index (χ3n) is 7.95. The number of nitrogens with one attached hydrogen (secondary N) is 1. The molecule has 6 rings (SSSR count). The number of fused-ring (bicyclic) bond motifs is 3. The second-order valence-corrected chi connectivity index (χ2v) is 11.7. The first kappa shape index (κ1) is 26.8. The van der Waals surface area contributed by atoms with Crippen molar-refractivity contribution in [2.24, 2.45) is 0 Å². The topological polar surface area (TPSA) is 108 Å². The van der Waals surface area contributed by atoms with Crippen molar-refractivity contribution in [2.75, 3.05) is 0 Å². The van der Waals surface area contributed by atoms with Gasteiger partial charge in [-0.3, -0.25) is 14.0 Å². The molecule has 0 saturated heterocycles. The molecular formula is C33H30N2O5S. The van der Waals surface area contributed by atoms with E-state index in [-0.39, 0.29) is 23.3 Å². The number of phenols is 1. The summed E-state index contributed by atoms with van der Waals surface area (Å²) in [6, 6.07) is 22.1. The molecule has 1 saturated carbocycles. The summed E-state index contributed by atoms with van der Waals surface area (Å²) in [5.74, 6) is -1.30. The zero-order valence-electron chi connectivity index (χ0n) is 22.4. The Morgan fingerprint density at radius 1 is 0.951 bits per heavy atom. The normalized spacial score (nSPS) is 14.7. The molecule has 3 N–H and O–H groups in total. The number of benzene rings is 3. The number of carboxylic acids is 1. The van der Waals surface area contributed by atoms with Crippen LogP contribution in [-0.2, 0) is 11.2 Å². The van der Waals surface area contributed by atoms with Crippen LogP contribution < -0.4 is 10.9 Å². The van der Waals surface area contributed by atoms with E-state index in [1.54, 1.807) is 22.6 Å². The van der Waals surface area contributed by atoms with Gasteiger partial charge in [-0.2, -0.15) is 0 Å². The Morgan fingerprint density at radius 3 is 2.46 bits per heavy atom. The number of hydrogen-bond acceptors (Lipinski definition) is 5. The second-order valence-electron chi connectivity index (χ2n) is 10.7. The number of carboxylic acid groups (broad SMARTS) is 1. The van der Waals surface area contributed by atoms with Crippen LogP contribution in [0.25, 0.3) is 26.2 Å². The lowest BCUT2D eigenvalue weighted by Crippen LogP contribution is -2.42. The molecule has 5 aromatic rings. The largest absolute Gasteiger partial charge is 0.508 e. The number of phenolic OH excluding ortho intramolecular Hbond substituents is 1. The van der Waals surface area contributed by atoms with Crippen LogP contribution in [0.2, 0.25) is 0 Å². The molecular weight excluding hydrogens is 536 g/mol. The zero-order valence-corrected chi connectivity index (χ0v) is 23.2. The van der Waals surface area contributed by atoms with E-state index in [0.717, 1.165) is 23.1 Å². The number of thiazole rings is 1. The summed E-state index contributed by atoms with van der Waals surface area (Å²) in [5, 5.41) is 22.4. The summed E-state index contributed by atoms with van der Waals surface area (Å²) in [5.41, 5.74) is 3.62. The summed E-state index contributed by atoms with van der Waals surface area (Å²) in [7, 11) is 0. The van der Waals surface area contributed by atoms with Crippen LogP contribution in [-0.4, -0.2) is 32.5 Å². The molecule has 208 valence electrons. The van der Waals surface area contributed by atoms with Crippen LogP contribution in [0.15, 0.2) is 83.7 Å². The molecule has 1 aliphatic rings. The standard InChI is InChI=1S/C33H30N2O5S/c36-24-13-7-8-20(16-24)17-27(33(39)40)34-30(37)26-19-25(22-11-5-2-6-12-22)31(38)35-28-18-23(21-9-3-1-4-10-21)14-15-29(28)41-32(26)35/h2,5-8,11-16,18-19,21,27,36H,1,3-4,9-10,17H2,(H,34,37)(H,39,40)/t27-/m0/s1. The summed E-state index contributed by atoms with van der Waals surface area (Å²) < 4.78 is 2.50. The van der Waals surface area contributed by atoms with Crippen molar-refractivity contribution < 1.29 is 19.8 Å². The van der Waals surface area contributed by atoms with Gasteiger partial charge in [-0.05, 0) is 65.8 Å². The Kier molecular flexibility index (Phi) is 7.32. The predicted octanol–water partition coefficient (Wildman–Crippen LogP) is 6.36. The molecule has 0 bridgehead atoms. The highest BCUT2D eigenvalue weighted by Gasteiger charge is 2.26. The van der Waals surface area contributed by atoms with Crippen LogP contribution >= 0.6 is 11.3 Å². The number of aromatic nitrogens is 1. The second kappa shape index (κ2) is 11.2. The van der Waals surface area contributed by atoms with Gasteiger partial charge < -0.3 is 15.5 Å². The number of carbonyl (C=O) groups is 2. The van der Waals surface area contributed by atoms with E-state index in [4.69, 9.17) is 0 Å². The fourth-order valence-electron chi connectivity index (χ4n) is 5.85. The molecule has 1 amide bonds. The van der Waals surface area contributed by atoms with E-state index in [1.807, 2.05) is 36.4 Å². The highest BCUT2D eigenvalue weighted by atomic mass is 32.1. The minimum absolute atomic E-state index is 0.00585. The van der Waals surface area contributed by atoms with Crippen molar-refractivity contribution in [1.29, 1.82) is 0 Å². The Bertz CT molecular complexity index is 1820. The fraction of sp³-hybridized carbons (Fsp3) is 0.242. The van der Waals surface area contributed by atoms with E-state index in [9.17, 15) is 24.6 Å². The van der Waals surface area contributed by atoms with E-state index in [1.165, 1.54) is 48.3 Å². The summed E-state index contributed by atoms with van der Waals surface area (Å²) in [6.07, 6.45) is 5.89. The third-order valence-corrected chi connectivity index (χ3v) is 9.11. The molecule has 8 heteroatoms. The quantitative estimate of drug-likeness (QED) is 0.212. The van der Waals surface area contributed by atoms with Crippen LogP contribution in [0.4, 0.5) is 0 Å². The van der Waals surface area contributed by atoms with Gasteiger partial charge >= 0.3 is 5.97 Å². The van der Waals surface area contributed by atoms with Crippen molar-refractivity contribution in [2.45, 2.75) is 50.5 Å². The molecule has 0 spiro atoms. The first-order chi connectivity index (χ1) is 19.9. The van der Waals surface area contributed by atoms with Crippen LogP contribution in [0.5, 0.6) is 5.75 Å². The monoisotopic (exact) mass is 566 g/mol. The first-order valence-electron chi connectivity index (χ1n) is 13.9. The zero-order chi connectivity index (χ0) is 28.5. The molecule has 0 unspecified atom stereocenters. The Labute approximate surface area is 240 Å². The lowest BCUT2D eigenvalue weighted by molar-refractivity contribution is -0.139. The number of aromatic hydroxyl groups is 1. The van der Waals surface area contributed by atoms with Gasteiger partial charge in [-0.15, -0.1) is 11.3 Å². The van der Waals surface area contributed by atoms with Gasteiger partial charge in [0.1, 0.15) is 16.6 Å². The number of hydrogen-bond donors (Lipinski definition) is 3. The maximum Gasteiger partial charge on any atom is 0.326 e. The lowest BCUT2D eigenvalue weighted by atomic mass is 9.84. The summed E-state index contributed by atoms with van der Waals surface area (Å²) in [6.45, 7) is 0. The number of nitrogens with zero attached hydrogens (tertiary/aromatic N) is 1. The van der Waals surface area contributed by atoms with Gasteiger partial charge in [0.15, 0.2) is 0 Å². The number of pyridine rings is 1. The van der Waals surface area contributed by atoms with Crippen LogP contribution in [0, 0.1) is 0 Å². The van der Waals surface area contributed by atoms with E-state index < -0.39 is 17.9 Å². The van der Waals surface area contributed by atoms with Crippen molar-refractivity contribution in [3.63, 3.8) is 0 Å². The minimum Gasteiger partial charge on any atom is -0.508 e. The van der Waals surface area contributed by atoms with Gasteiger partial charge in [-0.1, -0.05) is 67.8 Å². The molecule has 1 aliphatic carbocycles. The number of amides is 1. The summed E-state index contributed by atoms with van der Waals surface area (Å²) >= 11 is 1.35. The van der Waals surface area contributed by atoms with Gasteiger partial charge in [0, 0.05) is 12.0 Å². The van der Waals surface area contributed by atoms with Crippen LogP contribution in [0.3, 0.4) is 0 Å². The third kappa shape index (κ3) is 5.35. The van der Waals surface area contributed by atoms with E-state index in [2.05, 4.69) is 17.4 Å². The molecule has 7 nitrogen and oxygen atoms in total. The Morgan fingerprint density at radius 2 is 1.73 bits per heavy atom. The first-order valence-corrected chi connectivity index (χ1v) is 14.7. The highest BCUT2D eigenvalue weighted by molar-refractivity contribution is 7.24. The average molecular weight is 567 g/mol. The van der Waals surface area contributed by atoms with E-state index in [0.29, 0.717) is 27.4 Å². The van der Waals surface area contributed by atoms with E-state index >= 15 is 0 Å². The maximum atomic E-state index is 14.0. The number of aliphatic carboxylic acids is 1. The van der Waals surface area contributed by atoms with Gasteiger partial charge in [0.2, 0.25) is 0 Å². The summed E-state index contributed by atoms with van der Waals surface area (Å²) in [4.78, 5) is 40.4.